The van der Waals surface area contributed by atoms with Gasteiger partial charge in [-0.25, -0.2) is 4.98 Å². The van der Waals surface area contributed by atoms with E-state index in [1.165, 1.54) is 11.8 Å². The van der Waals surface area contributed by atoms with Gasteiger partial charge >= 0.3 is 0 Å². The Balaban J connectivity index is 1.51. The molecule has 0 saturated heterocycles. The second kappa shape index (κ2) is 9.28. The molecular formula is C21H22N2O3S. The predicted molar refractivity (Wildman–Crippen MR) is 108 cm³/mol. The first-order chi connectivity index (χ1) is 13.2. The summed E-state index contributed by atoms with van der Waals surface area (Å²) in [5.41, 5.74) is 2.81. The minimum atomic E-state index is 0.0121. The van der Waals surface area contributed by atoms with Gasteiger partial charge in [-0.3, -0.25) is 4.79 Å². The van der Waals surface area contributed by atoms with Gasteiger partial charge in [0, 0.05) is 17.9 Å². The number of nitrogens with one attached hydrogen (secondary N) is 1. The molecule has 6 heteroatoms. The van der Waals surface area contributed by atoms with Crippen LogP contribution in [0.1, 0.15) is 17.0 Å². The molecule has 0 aliphatic carbocycles. The van der Waals surface area contributed by atoms with E-state index in [0.717, 1.165) is 28.3 Å². The van der Waals surface area contributed by atoms with E-state index in [1.54, 1.807) is 7.11 Å². The number of nitrogens with zero attached hydrogens (tertiary/aromatic N) is 1. The molecule has 0 unspecified atom stereocenters. The highest BCUT2D eigenvalue weighted by Gasteiger charge is 2.13. The molecule has 0 aliphatic rings. The molecule has 0 fully saturated rings. The predicted octanol–water partition coefficient (Wildman–Crippen LogP) is 4.21. The lowest BCUT2D eigenvalue weighted by Crippen LogP contribution is -2.24. The van der Waals surface area contributed by atoms with Crippen LogP contribution < -0.4 is 10.1 Å². The van der Waals surface area contributed by atoms with Crippen molar-refractivity contribution >= 4 is 17.7 Å². The molecule has 0 spiro atoms. The summed E-state index contributed by atoms with van der Waals surface area (Å²) in [7, 11) is 1.63. The number of thioether (sulfide) groups is 1. The molecule has 0 bridgehead atoms. The number of aromatic nitrogens is 1. The van der Waals surface area contributed by atoms with Gasteiger partial charge in [-0.1, -0.05) is 36.4 Å². The molecule has 2 aromatic carbocycles. The summed E-state index contributed by atoms with van der Waals surface area (Å²) in [6.45, 7) is 2.44. The highest BCUT2D eigenvalue weighted by atomic mass is 32.2. The van der Waals surface area contributed by atoms with Gasteiger partial charge in [0.1, 0.15) is 11.5 Å². The monoisotopic (exact) mass is 382 g/mol. The lowest BCUT2D eigenvalue weighted by atomic mass is 10.2. The highest BCUT2D eigenvalue weighted by molar-refractivity contribution is 7.99. The van der Waals surface area contributed by atoms with E-state index < -0.39 is 0 Å². The van der Waals surface area contributed by atoms with Gasteiger partial charge in [0.25, 0.3) is 0 Å². The molecule has 3 rings (SSSR count). The van der Waals surface area contributed by atoms with Gasteiger partial charge in [-0.05, 0) is 30.7 Å². The van der Waals surface area contributed by atoms with Crippen LogP contribution in [-0.4, -0.2) is 23.8 Å². The Kier molecular flexibility index (Phi) is 6.54. The summed E-state index contributed by atoms with van der Waals surface area (Å²) in [6, 6.07) is 17.5. The Morgan fingerprint density at radius 3 is 2.78 bits per heavy atom. The molecule has 0 aliphatic heterocycles. The Bertz CT molecular complexity index is 893. The van der Waals surface area contributed by atoms with Crippen LogP contribution in [0.25, 0.3) is 11.5 Å². The number of benzene rings is 2. The molecule has 1 aromatic heterocycles. The van der Waals surface area contributed by atoms with Gasteiger partial charge in [0.15, 0.2) is 0 Å². The van der Waals surface area contributed by atoms with Gasteiger partial charge in [-0.2, -0.15) is 0 Å². The fourth-order valence-corrected chi connectivity index (χ4v) is 3.38. The van der Waals surface area contributed by atoms with E-state index >= 15 is 0 Å². The second-order valence-corrected chi connectivity index (χ2v) is 6.99. The molecule has 5 nitrogen and oxygen atoms in total. The zero-order chi connectivity index (χ0) is 19.1. The van der Waals surface area contributed by atoms with E-state index in [9.17, 15) is 4.79 Å². The number of amides is 1. The fourth-order valence-electron chi connectivity index (χ4n) is 2.53. The first-order valence-electron chi connectivity index (χ1n) is 8.65. The van der Waals surface area contributed by atoms with Crippen molar-refractivity contribution in [1.82, 2.24) is 10.3 Å². The number of methoxy groups -OCH3 is 1. The summed E-state index contributed by atoms with van der Waals surface area (Å²) in [6.07, 6.45) is 0. The van der Waals surface area contributed by atoms with Crippen LogP contribution in [-0.2, 0) is 17.1 Å². The van der Waals surface area contributed by atoms with Gasteiger partial charge in [-0.15, -0.1) is 11.8 Å². The number of aryl methyl sites for hydroxylation is 1. The zero-order valence-electron chi connectivity index (χ0n) is 15.4. The summed E-state index contributed by atoms with van der Waals surface area (Å²) < 4.78 is 11.0. The summed E-state index contributed by atoms with van der Waals surface area (Å²) in [5, 5.41) is 2.93. The largest absolute Gasteiger partial charge is 0.497 e. The quantitative estimate of drug-likeness (QED) is 0.632. The maximum absolute atomic E-state index is 12.0. The molecule has 1 N–H and O–H groups in total. The molecule has 140 valence electrons. The standard InChI is InChI=1S/C21H22N2O3S/c1-15-19(23-21(26-15)17-9-6-10-18(11-17)25-2)13-27-14-20(24)22-12-16-7-4-3-5-8-16/h3-11H,12-14H2,1-2H3,(H,22,24). The Morgan fingerprint density at radius 2 is 2.00 bits per heavy atom. The molecule has 0 saturated carbocycles. The lowest BCUT2D eigenvalue weighted by Gasteiger charge is -2.04. The minimum Gasteiger partial charge on any atom is -0.497 e. The summed E-state index contributed by atoms with van der Waals surface area (Å²) in [4.78, 5) is 16.6. The third kappa shape index (κ3) is 5.37. The molecule has 1 heterocycles. The number of hydrogen-bond acceptors (Lipinski definition) is 5. The Labute approximate surface area is 163 Å². The maximum Gasteiger partial charge on any atom is 0.230 e. The van der Waals surface area contributed by atoms with E-state index in [4.69, 9.17) is 9.15 Å². The molecule has 3 aromatic rings. The number of carbonyl (C=O) groups excluding carboxylic acids is 1. The number of rotatable bonds is 8. The van der Waals surface area contributed by atoms with Crippen LogP contribution in [0.5, 0.6) is 5.75 Å². The van der Waals surface area contributed by atoms with Crippen LogP contribution in [0.15, 0.2) is 59.0 Å². The van der Waals surface area contributed by atoms with Crippen molar-refractivity contribution in [1.29, 1.82) is 0 Å². The second-order valence-electron chi connectivity index (χ2n) is 6.01. The van der Waals surface area contributed by atoms with E-state index in [1.807, 2.05) is 61.5 Å². The number of oxazole rings is 1. The Morgan fingerprint density at radius 1 is 1.19 bits per heavy atom. The van der Waals surface area contributed by atoms with Crippen molar-refractivity contribution in [3.05, 3.63) is 71.6 Å². The van der Waals surface area contributed by atoms with Crippen LogP contribution in [0, 0.1) is 6.92 Å². The van der Waals surface area contributed by atoms with Crippen molar-refractivity contribution in [3.63, 3.8) is 0 Å². The van der Waals surface area contributed by atoms with Crippen LogP contribution >= 0.6 is 11.8 Å². The third-order valence-corrected chi connectivity index (χ3v) is 4.96. The summed E-state index contributed by atoms with van der Waals surface area (Å²) in [5.74, 6) is 3.11. The van der Waals surface area contributed by atoms with Crippen molar-refractivity contribution in [2.75, 3.05) is 12.9 Å². The first-order valence-corrected chi connectivity index (χ1v) is 9.80. The van der Waals surface area contributed by atoms with Crippen molar-refractivity contribution in [2.24, 2.45) is 0 Å². The summed E-state index contributed by atoms with van der Waals surface area (Å²) >= 11 is 1.52. The smallest absolute Gasteiger partial charge is 0.230 e. The van der Waals surface area contributed by atoms with Crippen LogP contribution in [0.3, 0.4) is 0 Å². The molecule has 0 radical (unpaired) electrons. The van der Waals surface area contributed by atoms with Crippen molar-refractivity contribution < 1.29 is 13.9 Å². The van der Waals surface area contributed by atoms with Crippen LogP contribution in [0.4, 0.5) is 0 Å². The van der Waals surface area contributed by atoms with E-state index in [2.05, 4.69) is 10.3 Å². The van der Waals surface area contributed by atoms with Crippen LogP contribution in [0.2, 0.25) is 0 Å². The molecule has 1 amide bonds. The average molecular weight is 382 g/mol. The number of ether oxygens (including phenoxy) is 1. The number of hydrogen-bond donors (Lipinski definition) is 1. The van der Waals surface area contributed by atoms with Gasteiger partial charge in [0.05, 0.1) is 18.6 Å². The highest BCUT2D eigenvalue weighted by Crippen LogP contribution is 2.26. The lowest BCUT2D eigenvalue weighted by molar-refractivity contribution is -0.118. The van der Waals surface area contributed by atoms with Gasteiger partial charge < -0.3 is 14.5 Å². The van der Waals surface area contributed by atoms with Crippen molar-refractivity contribution in [3.8, 4) is 17.2 Å². The topological polar surface area (TPSA) is 64.4 Å². The minimum absolute atomic E-state index is 0.0121. The molecule has 27 heavy (non-hydrogen) atoms. The van der Waals surface area contributed by atoms with E-state index in [-0.39, 0.29) is 5.91 Å². The average Bonchev–Trinajstić information content (AvgIpc) is 3.08. The van der Waals surface area contributed by atoms with Crippen molar-refractivity contribution in [2.45, 2.75) is 19.2 Å². The van der Waals surface area contributed by atoms with Gasteiger partial charge in [0.2, 0.25) is 11.8 Å². The first kappa shape index (κ1) is 19.0. The SMILES string of the molecule is COc1cccc(-c2nc(CSCC(=O)NCc3ccccc3)c(C)o2)c1. The fraction of sp³-hybridized carbons (Fsp3) is 0.238. The normalized spacial score (nSPS) is 10.6. The third-order valence-electron chi connectivity index (χ3n) is 4.01. The molecular weight excluding hydrogens is 360 g/mol. The maximum atomic E-state index is 12.0. The zero-order valence-corrected chi connectivity index (χ0v) is 16.2. The Hall–Kier alpha value is -2.73. The molecule has 0 atom stereocenters. The number of carbonyl (C=O) groups is 1. The van der Waals surface area contributed by atoms with E-state index in [0.29, 0.717) is 23.9 Å².